The number of halogens is 1. The van der Waals surface area contributed by atoms with Gasteiger partial charge in [-0.25, -0.2) is 8.42 Å². The lowest BCUT2D eigenvalue weighted by molar-refractivity contribution is -0.137. The second-order valence-electron chi connectivity index (χ2n) is 8.25. The molecule has 2 aliphatic heterocycles. The smallest absolute Gasteiger partial charge is 0.244 e. The van der Waals surface area contributed by atoms with E-state index in [2.05, 4.69) is 12.1 Å². The summed E-state index contributed by atoms with van der Waals surface area (Å²) in [5.41, 5.74) is 0.885. The first kappa shape index (κ1) is 21.3. The molecule has 1 amide bonds. The molecule has 0 atom stereocenters. The Balaban J connectivity index is 1.35. The van der Waals surface area contributed by atoms with E-state index in [9.17, 15) is 13.2 Å². The largest absolute Gasteiger partial charge is 0.342 e. The molecule has 0 bridgehead atoms. The van der Waals surface area contributed by atoms with E-state index in [4.69, 9.17) is 11.6 Å². The summed E-state index contributed by atoms with van der Waals surface area (Å²) < 4.78 is 27.4. The molecule has 2 heterocycles. The molecule has 0 N–H and O–H groups in total. The van der Waals surface area contributed by atoms with Gasteiger partial charge >= 0.3 is 0 Å². The van der Waals surface area contributed by atoms with Crippen molar-refractivity contribution in [2.75, 3.05) is 26.2 Å². The minimum atomic E-state index is -3.64. The van der Waals surface area contributed by atoms with Crippen molar-refractivity contribution in [3.63, 3.8) is 0 Å². The third-order valence-corrected chi connectivity index (χ3v) is 8.87. The van der Waals surface area contributed by atoms with Gasteiger partial charge in [-0.15, -0.1) is 0 Å². The maximum Gasteiger partial charge on any atom is 0.244 e. The van der Waals surface area contributed by atoms with Crippen LogP contribution in [0.4, 0.5) is 0 Å². The first-order chi connectivity index (χ1) is 14.4. The van der Waals surface area contributed by atoms with E-state index in [0.717, 1.165) is 32.4 Å². The van der Waals surface area contributed by atoms with Crippen LogP contribution in [0.2, 0.25) is 5.02 Å². The molecule has 2 aromatic rings. The lowest BCUT2D eigenvalue weighted by Gasteiger charge is -2.37. The van der Waals surface area contributed by atoms with Crippen LogP contribution in [0.3, 0.4) is 0 Å². The minimum Gasteiger partial charge on any atom is -0.342 e. The fourth-order valence-corrected chi connectivity index (χ4v) is 6.57. The summed E-state index contributed by atoms with van der Waals surface area (Å²) in [5, 5.41) is 0.235. The van der Waals surface area contributed by atoms with Gasteiger partial charge in [-0.2, -0.15) is 4.31 Å². The van der Waals surface area contributed by atoms with E-state index in [0.29, 0.717) is 25.9 Å². The summed E-state index contributed by atoms with van der Waals surface area (Å²) in [6, 6.07) is 16.8. The highest BCUT2D eigenvalue weighted by atomic mass is 35.5. The first-order valence-corrected chi connectivity index (χ1v) is 12.3. The number of nitrogens with zero attached hydrogens (tertiary/aromatic N) is 2. The highest BCUT2D eigenvalue weighted by molar-refractivity contribution is 7.89. The van der Waals surface area contributed by atoms with Crippen LogP contribution < -0.4 is 0 Å². The number of aryl methyl sites for hydroxylation is 1. The Bertz CT molecular complexity index is 1000. The van der Waals surface area contributed by atoms with E-state index in [-0.39, 0.29) is 15.8 Å². The first-order valence-electron chi connectivity index (χ1n) is 10.5. The number of benzene rings is 2. The van der Waals surface area contributed by atoms with Gasteiger partial charge in [-0.05, 0) is 49.8 Å². The minimum absolute atomic E-state index is 0.142. The van der Waals surface area contributed by atoms with Crippen LogP contribution >= 0.6 is 11.6 Å². The molecule has 0 saturated carbocycles. The number of amides is 1. The van der Waals surface area contributed by atoms with E-state index >= 15 is 0 Å². The molecule has 0 aliphatic carbocycles. The maximum atomic E-state index is 13.1. The molecule has 2 fully saturated rings. The van der Waals surface area contributed by atoms with Crippen LogP contribution in [0.25, 0.3) is 0 Å². The predicted molar refractivity (Wildman–Crippen MR) is 118 cm³/mol. The summed E-state index contributed by atoms with van der Waals surface area (Å²) in [5.74, 6) is 0.199. The van der Waals surface area contributed by atoms with Crippen LogP contribution in [0, 0.1) is 5.41 Å². The summed E-state index contributed by atoms with van der Waals surface area (Å²) in [4.78, 5) is 15.3. The zero-order valence-electron chi connectivity index (χ0n) is 17.0. The third-order valence-electron chi connectivity index (χ3n) is 6.47. The van der Waals surface area contributed by atoms with Gasteiger partial charge < -0.3 is 4.90 Å². The molecular weight excluding hydrogens is 420 g/mol. The Kier molecular flexibility index (Phi) is 6.19. The maximum absolute atomic E-state index is 13.1. The average molecular weight is 447 g/mol. The number of carbonyl (C=O) groups excluding carboxylic acids is 1. The summed E-state index contributed by atoms with van der Waals surface area (Å²) in [6.07, 6.45) is 3.87. The van der Waals surface area contributed by atoms with Crippen molar-refractivity contribution in [1.82, 2.24) is 9.21 Å². The quantitative estimate of drug-likeness (QED) is 0.674. The van der Waals surface area contributed by atoms with Gasteiger partial charge in [-0.1, -0.05) is 54.1 Å². The number of hydrogen-bond acceptors (Lipinski definition) is 3. The molecule has 7 heteroatoms. The van der Waals surface area contributed by atoms with E-state index < -0.39 is 15.4 Å². The fraction of sp³-hybridized carbons (Fsp3) is 0.435. The number of hydrogen-bond donors (Lipinski definition) is 0. The number of likely N-dealkylation sites (tertiary alicyclic amines) is 1. The van der Waals surface area contributed by atoms with Crippen molar-refractivity contribution >= 4 is 27.5 Å². The molecule has 4 rings (SSSR count). The van der Waals surface area contributed by atoms with E-state index in [1.807, 2.05) is 23.1 Å². The van der Waals surface area contributed by atoms with Crippen LogP contribution in [-0.2, 0) is 21.2 Å². The second-order valence-corrected chi connectivity index (χ2v) is 10.6. The van der Waals surface area contributed by atoms with Gasteiger partial charge in [0, 0.05) is 26.2 Å². The fourth-order valence-electron chi connectivity index (χ4n) is 4.64. The van der Waals surface area contributed by atoms with E-state index in [1.54, 1.807) is 18.2 Å². The van der Waals surface area contributed by atoms with Gasteiger partial charge in [0.05, 0.1) is 10.4 Å². The van der Waals surface area contributed by atoms with Crippen molar-refractivity contribution in [3.8, 4) is 0 Å². The molecule has 0 radical (unpaired) electrons. The topological polar surface area (TPSA) is 57.7 Å². The number of rotatable bonds is 6. The number of sulfonamides is 1. The van der Waals surface area contributed by atoms with Gasteiger partial charge in [-0.3, -0.25) is 4.79 Å². The molecular formula is C23H27ClN2O3S. The predicted octanol–water partition coefficient (Wildman–Crippen LogP) is 3.98. The highest BCUT2D eigenvalue weighted by Crippen LogP contribution is 2.43. The Morgan fingerprint density at radius 1 is 0.900 bits per heavy atom. The molecule has 30 heavy (non-hydrogen) atoms. The Labute approximate surface area is 183 Å². The molecule has 0 unspecified atom stereocenters. The molecule has 1 spiro atoms. The van der Waals surface area contributed by atoms with Crippen molar-refractivity contribution in [2.45, 2.75) is 37.0 Å². The zero-order valence-corrected chi connectivity index (χ0v) is 18.5. The zero-order chi connectivity index (χ0) is 21.2. The SMILES string of the molecule is O=C1N(CCCc2ccccc2)CCC12CCN(S(=O)(=O)c1ccccc1Cl)CC2. The molecule has 160 valence electrons. The highest BCUT2D eigenvalue weighted by Gasteiger charge is 2.49. The van der Waals surface area contributed by atoms with E-state index in [1.165, 1.54) is 15.9 Å². The van der Waals surface area contributed by atoms with Crippen LogP contribution in [0.5, 0.6) is 0 Å². The van der Waals surface area contributed by atoms with Gasteiger partial charge in [0.15, 0.2) is 0 Å². The van der Waals surface area contributed by atoms with Crippen molar-refractivity contribution in [3.05, 3.63) is 65.2 Å². The summed E-state index contributed by atoms with van der Waals surface area (Å²) in [7, 11) is -3.64. The van der Waals surface area contributed by atoms with Crippen molar-refractivity contribution in [2.24, 2.45) is 5.41 Å². The normalized spacial score (nSPS) is 19.5. The second kappa shape index (κ2) is 8.69. The van der Waals surface area contributed by atoms with Crippen LogP contribution in [0.15, 0.2) is 59.5 Å². The van der Waals surface area contributed by atoms with Crippen LogP contribution in [-0.4, -0.2) is 49.7 Å². The average Bonchev–Trinajstić information content (AvgIpc) is 3.05. The van der Waals surface area contributed by atoms with Gasteiger partial charge in [0.1, 0.15) is 4.90 Å². The summed E-state index contributed by atoms with van der Waals surface area (Å²) in [6.45, 7) is 2.25. The third kappa shape index (κ3) is 4.13. The Hall–Kier alpha value is -1.89. The lowest BCUT2D eigenvalue weighted by atomic mass is 9.77. The Morgan fingerprint density at radius 2 is 1.53 bits per heavy atom. The lowest BCUT2D eigenvalue weighted by Crippen LogP contribution is -2.46. The number of piperidine rings is 1. The van der Waals surface area contributed by atoms with Gasteiger partial charge in [0.25, 0.3) is 0 Å². The molecule has 5 nitrogen and oxygen atoms in total. The van der Waals surface area contributed by atoms with Crippen LogP contribution in [0.1, 0.15) is 31.2 Å². The van der Waals surface area contributed by atoms with Gasteiger partial charge in [0.2, 0.25) is 15.9 Å². The molecule has 2 aromatic carbocycles. The van der Waals surface area contributed by atoms with Crippen molar-refractivity contribution in [1.29, 1.82) is 0 Å². The van der Waals surface area contributed by atoms with Crippen molar-refractivity contribution < 1.29 is 13.2 Å². The molecule has 0 aromatic heterocycles. The number of carbonyl (C=O) groups is 1. The standard InChI is InChI=1S/C23H27ClN2O3S/c24-20-10-4-5-11-21(20)30(28,29)26-17-13-23(14-18-26)12-16-25(22(23)27)15-6-9-19-7-2-1-3-8-19/h1-5,7-8,10-11H,6,9,12-18H2. The molecule has 2 saturated heterocycles. The monoisotopic (exact) mass is 446 g/mol. The Morgan fingerprint density at radius 3 is 2.23 bits per heavy atom. The summed E-state index contributed by atoms with van der Waals surface area (Å²) >= 11 is 6.12. The molecule has 2 aliphatic rings.